The van der Waals surface area contributed by atoms with Crippen molar-refractivity contribution >= 4 is 23.5 Å². The van der Waals surface area contributed by atoms with Gasteiger partial charge in [0, 0.05) is 29.7 Å². The Bertz CT molecular complexity index is 1190. The van der Waals surface area contributed by atoms with E-state index in [0.29, 0.717) is 33.8 Å². The van der Waals surface area contributed by atoms with Crippen molar-refractivity contribution in [3.05, 3.63) is 75.1 Å². The van der Waals surface area contributed by atoms with Gasteiger partial charge in [-0.3, -0.25) is 9.59 Å². The van der Waals surface area contributed by atoms with E-state index in [1.165, 1.54) is 17.3 Å². The van der Waals surface area contributed by atoms with Crippen molar-refractivity contribution in [2.45, 2.75) is 30.2 Å². The number of benzene rings is 2. The summed E-state index contributed by atoms with van der Waals surface area (Å²) in [7, 11) is 3.12. The molecular formula is C23H23N3O4S. The number of fused-ring (bicyclic) bond motifs is 1. The molecule has 0 radical (unpaired) electrons. The molecule has 3 aromatic rings. The minimum Gasteiger partial charge on any atom is -0.497 e. The molecule has 0 aliphatic carbocycles. The SMILES string of the molecule is COc1ccc(C2CC(=O)Nc3nc(SCc4cccc(C)c4)[nH]c(=O)c32)c(OC)c1. The topological polar surface area (TPSA) is 93.3 Å². The summed E-state index contributed by atoms with van der Waals surface area (Å²) in [6, 6.07) is 13.5. The van der Waals surface area contributed by atoms with Crippen LogP contribution in [0, 0.1) is 6.92 Å². The van der Waals surface area contributed by atoms with Crippen LogP contribution in [0.25, 0.3) is 0 Å². The molecule has 2 N–H and O–H groups in total. The van der Waals surface area contributed by atoms with Gasteiger partial charge in [0.2, 0.25) is 5.91 Å². The second-order valence-electron chi connectivity index (χ2n) is 7.32. The summed E-state index contributed by atoms with van der Waals surface area (Å²) >= 11 is 1.42. The van der Waals surface area contributed by atoms with Crippen LogP contribution in [0.2, 0.25) is 0 Å². The number of anilines is 1. The minimum atomic E-state index is -0.461. The molecule has 1 aromatic heterocycles. The Morgan fingerprint density at radius 3 is 2.71 bits per heavy atom. The molecule has 31 heavy (non-hydrogen) atoms. The fourth-order valence-corrected chi connectivity index (χ4v) is 4.55. The Morgan fingerprint density at radius 1 is 1.13 bits per heavy atom. The summed E-state index contributed by atoms with van der Waals surface area (Å²) in [4.78, 5) is 32.9. The first-order valence-electron chi connectivity index (χ1n) is 9.83. The molecule has 7 nitrogen and oxygen atoms in total. The fourth-order valence-electron chi connectivity index (χ4n) is 3.74. The average Bonchev–Trinajstić information content (AvgIpc) is 2.76. The second-order valence-corrected chi connectivity index (χ2v) is 8.29. The quantitative estimate of drug-likeness (QED) is 0.449. The predicted octanol–water partition coefficient (Wildman–Crippen LogP) is 3.86. The van der Waals surface area contributed by atoms with Gasteiger partial charge in [-0.2, -0.15) is 0 Å². The lowest BCUT2D eigenvalue weighted by atomic mass is 9.86. The Balaban J connectivity index is 1.68. The van der Waals surface area contributed by atoms with E-state index in [1.54, 1.807) is 26.4 Å². The molecule has 4 rings (SSSR count). The van der Waals surface area contributed by atoms with E-state index in [4.69, 9.17) is 9.47 Å². The number of aromatic nitrogens is 2. The third-order valence-electron chi connectivity index (χ3n) is 5.20. The maximum Gasteiger partial charge on any atom is 0.257 e. The van der Waals surface area contributed by atoms with Crippen LogP contribution in [-0.4, -0.2) is 30.1 Å². The number of hydrogen-bond donors (Lipinski definition) is 2. The largest absolute Gasteiger partial charge is 0.497 e. The van der Waals surface area contributed by atoms with Crippen molar-refractivity contribution in [3.8, 4) is 11.5 Å². The standard InChI is InChI=1S/C23H23N3O4S/c1-13-5-4-6-14(9-13)12-31-23-25-21-20(22(28)26-23)17(11-19(27)24-21)16-8-7-15(29-2)10-18(16)30-3/h4-10,17H,11-12H2,1-3H3,(H2,24,25,26,27,28). The summed E-state index contributed by atoms with van der Waals surface area (Å²) in [5.41, 5.74) is 3.22. The van der Waals surface area contributed by atoms with Crippen LogP contribution < -0.4 is 20.3 Å². The van der Waals surface area contributed by atoms with Crippen LogP contribution in [0.3, 0.4) is 0 Å². The Morgan fingerprint density at radius 2 is 1.97 bits per heavy atom. The zero-order chi connectivity index (χ0) is 22.0. The average molecular weight is 438 g/mol. The highest BCUT2D eigenvalue weighted by molar-refractivity contribution is 7.98. The van der Waals surface area contributed by atoms with Crippen LogP contribution in [0.4, 0.5) is 5.82 Å². The number of hydrogen-bond acceptors (Lipinski definition) is 6. The zero-order valence-corrected chi connectivity index (χ0v) is 18.3. The molecule has 1 amide bonds. The number of carbonyl (C=O) groups excluding carboxylic acids is 1. The molecule has 2 aromatic carbocycles. The molecule has 160 valence electrons. The van der Waals surface area contributed by atoms with Crippen LogP contribution in [0.1, 0.15) is 34.6 Å². The maximum atomic E-state index is 13.0. The van der Waals surface area contributed by atoms with Gasteiger partial charge < -0.3 is 19.8 Å². The van der Waals surface area contributed by atoms with E-state index in [2.05, 4.69) is 21.4 Å². The molecule has 8 heteroatoms. The van der Waals surface area contributed by atoms with Gasteiger partial charge in [-0.15, -0.1) is 0 Å². The number of amides is 1. The number of methoxy groups -OCH3 is 2. The molecule has 2 heterocycles. The molecule has 0 saturated carbocycles. The number of aromatic amines is 1. The maximum absolute atomic E-state index is 13.0. The first kappa shape index (κ1) is 21.0. The summed E-state index contributed by atoms with van der Waals surface area (Å²) < 4.78 is 10.8. The smallest absolute Gasteiger partial charge is 0.257 e. The molecular weight excluding hydrogens is 414 g/mol. The zero-order valence-electron chi connectivity index (χ0n) is 17.5. The molecule has 1 atom stereocenters. The van der Waals surface area contributed by atoms with Crippen LogP contribution in [0.15, 0.2) is 52.4 Å². The van der Waals surface area contributed by atoms with Crippen molar-refractivity contribution in [1.82, 2.24) is 9.97 Å². The Kier molecular flexibility index (Phi) is 5.99. The van der Waals surface area contributed by atoms with Gasteiger partial charge in [-0.05, 0) is 18.6 Å². The number of nitrogens with one attached hydrogen (secondary N) is 2. The number of ether oxygens (including phenoxy) is 2. The fraction of sp³-hybridized carbons (Fsp3) is 0.261. The van der Waals surface area contributed by atoms with Gasteiger partial charge in [0.05, 0.1) is 19.8 Å². The van der Waals surface area contributed by atoms with Crippen molar-refractivity contribution in [3.63, 3.8) is 0 Å². The van der Waals surface area contributed by atoms with Gasteiger partial charge in [-0.25, -0.2) is 4.98 Å². The monoisotopic (exact) mass is 437 g/mol. The third-order valence-corrected chi connectivity index (χ3v) is 6.15. The molecule has 0 spiro atoms. The van der Waals surface area contributed by atoms with Crippen LogP contribution in [-0.2, 0) is 10.5 Å². The van der Waals surface area contributed by atoms with E-state index in [0.717, 1.165) is 11.1 Å². The summed E-state index contributed by atoms with van der Waals surface area (Å²) in [5.74, 6) is 1.50. The molecule has 1 aliphatic rings. The third kappa shape index (κ3) is 4.44. The highest BCUT2D eigenvalue weighted by Gasteiger charge is 2.32. The number of carbonyl (C=O) groups is 1. The highest BCUT2D eigenvalue weighted by Crippen LogP contribution is 2.40. The van der Waals surface area contributed by atoms with Gasteiger partial charge in [0.1, 0.15) is 17.3 Å². The first-order valence-corrected chi connectivity index (χ1v) is 10.8. The minimum absolute atomic E-state index is 0.135. The molecule has 1 unspecified atom stereocenters. The number of H-pyrrole nitrogens is 1. The van der Waals surface area contributed by atoms with E-state index < -0.39 is 5.92 Å². The Labute approximate surface area is 184 Å². The summed E-state index contributed by atoms with van der Waals surface area (Å²) in [5, 5.41) is 3.22. The van der Waals surface area contributed by atoms with Crippen LogP contribution >= 0.6 is 11.8 Å². The van der Waals surface area contributed by atoms with E-state index in [9.17, 15) is 9.59 Å². The summed E-state index contributed by atoms with van der Waals surface area (Å²) in [6.45, 7) is 2.04. The Hall–Kier alpha value is -3.26. The lowest BCUT2D eigenvalue weighted by Crippen LogP contribution is -2.31. The highest BCUT2D eigenvalue weighted by atomic mass is 32.2. The van der Waals surface area contributed by atoms with Crippen molar-refractivity contribution in [2.24, 2.45) is 0 Å². The molecule has 0 bridgehead atoms. The van der Waals surface area contributed by atoms with Crippen LogP contribution in [0.5, 0.6) is 11.5 Å². The lowest BCUT2D eigenvalue weighted by molar-refractivity contribution is -0.116. The van der Waals surface area contributed by atoms with Gasteiger partial charge in [-0.1, -0.05) is 47.7 Å². The summed E-state index contributed by atoms with van der Waals surface area (Å²) in [6.07, 6.45) is 0.135. The lowest BCUT2D eigenvalue weighted by Gasteiger charge is -2.26. The van der Waals surface area contributed by atoms with Gasteiger partial charge >= 0.3 is 0 Å². The first-order chi connectivity index (χ1) is 15.0. The number of aryl methyl sites for hydroxylation is 1. The molecule has 0 saturated heterocycles. The second kappa shape index (κ2) is 8.85. The van der Waals surface area contributed by atoms with E-state index in [1.807, 2.05) is 31.2 Å². The molecule has 1 aliphatic heterocycles. The normalized spacial score (nSPS) is 15.2. The van der Waals surface area contributed by atoms with E-state index in [-0.39, 0.29) is 17.9 Å². The van der Waals surface area contributed by atoms with Gasteiger partial charge in [0.25, 0.3) is 5.56 Å². The van der Waals surface area contributed by atoms with Gasteiger partial charge in [0.15, 0.2) is 5.16 Å². The number of nitrogens with zero attached hydrogens (tertiary/aromatic N) is 1. The van der Waals surface area contributed by atoms with Crippen molar-refractivity contribution in [1.29, 1.82) is 0 Å². The van der Waals surface area contributed by atoms with Crippen molar-refractivity contribution < 1.29 is 14.3 Å². The predicted molar refractivity (Wildman–Crippen MR) is 120 cm³/mol. The number of rotatable bonds is 6. The number of thioether (sulfide) groups is 1. The van der Waals surface area contributed by atoms with E-state index >= 15 is 0 Å². The van der Waals surface area contributed by atoms with Crippen molar-refractivity contribution in [2.75, 3.05) is 19.5 Å². The molecule has 0 fully saturated rings.